The molecule has 0 radical (unpaired) electrons. The van der Waals surface area contributed by atoms with Crippen LogP contribution in [0.4, 0.5) is 14.5 Å². The van der Waals surface area contributed by atoms with Crippen LogP contribution in [0.25, 0.3) is 0 Å². The zero-order valence-corrected chi connectivity index (χ0v) is 8.97. The fourth-order valence-corrected chi connectivity index (χ4v) is 1.96. The normalized spacial score (nSPS) is 10.4. The summed E-state index contributed by atoms with van der Waals surface area (Å²) in [4.78, 5) is 4.37. The van der Waals surface area contributed by atoms with Crippen molar-refractivity contribution in [2.45, 2.75) is 9.92 Å². The zero-order chi connectivity index (χ0) is 11.5. The minimum atomic E-state index is -0.692. The Bertz CT molecular complexity index is 517. The minimum Gasteiger partial charge on any atom is -0.398 e. The van der Waals surface area contributed by atoms with E-state index in [9.17, 15) is 8.78 Å². The van der Waals surface area contributed by atoms with Crippen molar-refractivity contribution in [3.05, 3.63) is 48.2 Å². The molecule has 2 N–H and O–H groups in total. The van der Waals surface area contributed by atoms with E-state index < -0.39 is 11.6 Å². The fourth-order valence-electron chi connectivity index (χ4n) is 1.15. The Hall–Kier alpha value is -1.62. The summed E-state index contributed by atoms with van der Waals surface area (Å²) in [6, 6.07) is 7.84. The van der Waals surface area contributed by atoms with Crippen LogP contribution in [0.15, 0.2) is 46.5 Å². The Kier molecular flexibility index (Phi) is 3.05. The van der Waals surface area contributed by atoms with Crippen molar-refractivity contribution in [1.29, 1.82) is 0 Å². The standard InChI is InChI=1S/C11H8F2N2S/c12-7-5-8(13)11(15-6-7)16-10-4-2-1-3-9(10)14/h1-6H,14H2. The van der Waals surface area contributed by atoms with Crippen LogP contribution in [0.1, 0.15) is 0 Å². The third-order valence-electron chi connectivity index (χ3n) is 1.90. The van der Waals surface area contributed by atoms with Crippen molar-refractivity contribution in [2.24, 2.45) is 0 Å². The van der Waals surface area contributed by atoms with Gasteiger partial charge in [0, 0.05) is 16.6 Å². The second kappa shape index (κ2) is 4.49. The molecule has 1 aromatic heterocycles. The Morgan fingerprint density at radius 3 is 2.62 bits per heavy atom. The van der Waals surface area contributed by atoms with Crippen LogP contribution in [0.3, 0.4) is 0 Å². The highest BCUT2D eigenvalue weighted by Crippen LogP contribution is 2.31. The Balaban J connectivity index is 2.31. The summed E-state index contributed by atoms with van der Waals surface area (Å²) in [5.74, 6) is -1.38. The molecule has 0 saturated heterocycles. The maximum atomic E-state index is 13.3. The van der Waals surface area contributed by atoms with E-state index in [1.165, 1.54) is 0 Å². The number of hydrogen-bond donors (Lipinski definition) is 1. The average molecular weight is 238 g/mol. The summed E-state index contributed by atoms with van der Waals surface area (Å²) >= 11 is 1.07. The third-order valence-corrected chi connectivity index (χ3v) is 2.99. The molecule has 0 aliphatic rings. The van der Waals surface area contributed by atoms with Gasteiger partial charge in [-0.2, -0.15) is 0 Å². The monoisotopic (exact) mass is 238 g/mol. The quantitative estimate of drug-likeness (QED) is 0.817. The highest BCUT2D eigenvalue weighted by molar-refractivity contribution is 7.99. The summed E-state index contributed by atoms with van der Waals surface area (Å²) in [6.45, 7) is 0. The average Bonchev–Trinajstić information content (AvgIpc) is 2.25. The van der Waals surface area contributed by atoms with Crippen LogP contribution in [0, 0.1) is 11.6 Å². The van der Waals surface area contributed by atoms with Gasteiger partial charge in [0.15, 0.2) is 5.82 Å². The molecular weight excluding hydrogens is 230 g/mol. The van der Waals surface area contributed by atoms with Crippen LogP contribution < -0.4 is 5.73 Å². The molecule has 2 nitrogen and oxygen atoms in total. The van der Waals surface area contributed by atoms with Crippen LogP contribution >= 0.6 is 11.8 Å². The lowest BCUT2D eigenvalue weighted by atomic mass is 10.3. The lowest BCUT2D eigenvalue weighted by Crippen LogP contribution is -1.91. The van der Waals surface area contributed by atoms with Gasteiger partial charge in [0.25, 0.3) is 0 Å². The topological polar surface area (TPSA) is 38.9 Å². The molecule has 1 heterocycles. The SMILES string of the molecule is Nc1ccccc1Sc1ncc(F)cc1F. The van der Waals surface area contributed by atoms with Crippen molar-refractivity contribution < 1.29 is 8.78 Å². The predicted octanol–water partition coefficient (Wildman–Crippen LogP) is 3.09. The number of nitrogens with two attached hydrogens (primary N) is 1. The largest absolute Gasteiger partial charge is 0.398 e. The molecule has 1 aromatic carbocycles. The van der Waals surface area contributed by atoms with Crippen LogP contribution in [0.5, 0.6) is 0 Å². The number of aromatic nitrogens is 1. The second-order valence-electron chi connectivity index (χ2n) is 3.08. The van der Waals surface area contributed by atoms with E-state index in [4.69, 9.17) is 5.73 Å². The number of pyridine rings is 1. The minimum absolute atomic E-state index is 0.110. The van der Waals surface area contributed by atoms with E-state index in [1.54, 1.807) is 24.3 Å². The van der Waals surface area contributed by atoms with E-state index >= 15 is 0 Å². The number of rotatable bonds is 2. The van der Waals surface area contributed by atoms with Crippen LogP contribution in [-0.2, 0) is 0 Å². The molecule has 5 heteroatoms. The first kappa shape index (κ1) is 10.9. The Morgan fingerprint density at radius 2 is 1.94 bits per heavy atom. The first-order chi connectivity index (χ1) is 7.66. The summed E-state index contributed by atoms with van der Waals surface area (Å²) in [5.41, 5.74) is 6.24. The van der Waals surface area contributed by atoms with Gasteiger partial charge in [-0.3, -0.25) is 0 Å². The number of nitrogen functional groups attached to an aromatic ring is 1. The second-order valence-corrected chi connectivity index (χ2v) is 4.11. The van der Waals surface area contributed by atoms with Gasteiger partial charge in [-0.05, 0) is 12.1 Å². The predicted molar refractivity (Wildman–Crippen MR) is 59.1 cm³/mol. The first-order valence-corrected chi connectivity index (χ1v) is 5.32. The van der Waals surface area contributed by atoms with E-state index in [0.29, 0.717) is 10.6 Å². The van der Waals surface area contributed by atoms with Gasteiger partial charge in [-0.1, -0.05) is 23.9 Å². The smallest absolute Gasteiger partial charge is 0.158 e. The molecule has 0 fully saturated rings. The molecule has 0 spiro atoms. The van der Waals surface area contributed by atoms with Crippen LogP contribution in [-0.4, -0.2) is 4.98 Å². The first-order valence-electron chi connectivity index (χ1n) is 4.50. The summed E-state index contributed by atoms with van der Waals surface area (Å²) in [5, 5.41) is 0.110. The lowest BCUT2D eigenvalue weighted by molar-refractivity contribution is 0.548. The third kappa shape index (κ3) is 2.30. The maximum Gasteiger partial charge on any atom is 0.158 e. The van der Waals surface area contributed by atoms with Crippen LogP contribution in [0.2, 0.25) is 0 Å². The van der Waals surface area contributed by atoms with Gasteiger partial charge in [-0.25, -0.2) is 13.8 Å². The van der Waals surface area contributed by atoms with Crippen molar-refractivity contribution >= 4 is 17.4 Å². The molecule has 2 rings (SSSR count). The Morgan fingerprint density at radius 1 is 1.19 bits per heavy atom. The molecule has 0 unspecified atom stereocenters. The number of nitrogens with zero attached hydrogens (tertiary/aromatic N) is 1. The Labute approximate surface area is 95.5 Å². The summed E-state index contributed by atoms with van der Waals surface area (Å²) in [7, 11) is 0. The van der Waals surface area contributed by atoms with E-state index in [1.807, 2.05) is 0 Å². The molecular formula is C11H8F2N2S. The summed E-state index contributed by atoms with van der Waals surface area (Å²) < 4.78 is 25.9. The number of para-hydroxylation sites is 1. The molecule has 82 valence electrons. The van der Waals surface area contributed by atoms with Gasteiger partial charge in [-0.15, -0.1) is 0 Å². The molecule has 0 bridgehead atoms. The van der Waals surface area contributed by atoms with E-state index in [2.05, 4.69) is 4.98 Å². The van der Waals surface area contributed by atoms with E-state index in [0.717, 1.165) is 24.0 Å². The highest BCUT2D eigenvalue weighted by atomic mass is 32.2. The maximum absolute atomic E-state index is 13.3. The van der Waals surface area contributed by atoms with Crippen molar-refractivity contribution in [3.63, 3.8) is 0 Å². The van der Waals surface area contributed by atoms with Crippen molar-refractivity contribution in [1.82, 2.24) is 4.98 Å². The lowest BCUT2D eigenvalue weighted by Gasteiger charge is -2.04. The van der Waals surface area contributed by atoms with Crippen molar-refractivity contribution in [2.75, 3.05) is 5.73 Å². The summed E-state index contributed by atoms with van der Waals surface area (Å²) in [6.07, 6.45) is 0.977. The fraction of sp³-hybridized carbons (Fsp3) is 0. The van der Waals surface area contributed by atoms with E-state index in [-0.39, 0.29) is 5.03 Å². The molecule has 0 aliphatic carbocycles. The molecule has 0 atom stereocenters. The van der Waals surface area contributed by atoms with Crippen molar-refractivity contribution in [3.8, 4) is 0 Å². The van der Waals surface area contributed by atoms with Gasteiger partial charge < -0.3 is 5.73 Å². The van der Waals surface area contributed by atoms with Gasteiger partial charge in [0.1, 0.15) is 10.8 Å². The highest BCUT2D eigenvalue weighted by Gasteiger charge is 2.08. The molecule has 0 aliphatic heterocycles. The van der Waals surface area contributed by atoms with Gasteiger partial charge in [0.05, 0.1) is 6.20 Å². The number of hydrogen-bond acceptors (Lipinski definition) is 3. The zero-order valence-electron chi connectivity index (χ0n) is 8.15. The number of halogens is 2. The molecule has 2 aromatic rings. The molecule has 0 saturated carbocycles. The molecule has 0 amide bonds. The molecule has 16 heavy (non-hydrogen) atoms. The van der Waals surface area contributed by atoms with Gasteiger partial charge >= 0.3 is 0 Å². The number of anilines is 1. The van der Waals surface area contributed by atoms with Gasteiger partial charge in [0.2, 0.25) is 0 Å². The number of benzene rings is 1.